The molecule has 1 saturated heterocycles. The van der Waals surface area contributed by atoms with Gasteiger partial charge in [-0.25, -0.2) is 0 Å². The smallest absolute Gasteiger partial charge is 0.240 e. The molecule has 4 nitrogen and oxygen atoms in total. The molecule has 1 amide bonds. The molecule has 1 heterocycles. The molecule has 0 aromatic rings. The largest absolute Gasteiger partial charge is 0.393 e. The number of carbonyl (C=O) groups is 1. The van der Waals surface area contributed by atoms with Crippen LogP contribution in [-0.2, 0) is 4.79 Å². The van der Waals surface area contributed by atoms with E-state index in [-0.39, 0.29) is 17.6 Å². The van der Waals surface area contributed by atoms with Gasteiger partial charge in [-0.05, 0) is 39.2 Å². The summed E-state index contributed by atoms with van der Waals surface area (Å²) in [6, 6.07) is 0. The molecule has 1 aliphatic heterocycles. The average Bonchev–Trinajstić information content (AvgIpc) is 2.66. The summed E-state index contributed by atoms with van der Waals surface area (Å²) < 4.78 is 0. The maximum Gasteiger partial charge on any atom is 0.240 e. The van der Waals surface area contributed by atoms with Crippen molar-refractivity contribution in [1.82, 2.24) is 10.6 Å². The SMILES string of the molecule is CCC1(C(=O)NCCC(C)O)CCCN1. The minimum Gasteiger partial charge on any atom is -0.393 e. The summed E-state index contributed by atoms with van der Waals surface area (Å²) in [4.78, 5) is 11.9. The molecule has 1 fully saturated rings. The van der Waals surface area contributed by atoms with E-state index in [1.807, 2.05) is 6.92 Å². The maximum absolute atomic E-state index is 11.9. The van der Waals surface area contributed by atoms with E-state index in [4.69, 9.17) is 5.11 Å². The zero-order chi connectivity index (χ0) is 11.3. The summed E-state index contributed by atoms with van der Waals surface area (Å²) in [5.74, 6) is 0.0863. The van der Waals surface area contributed by atoms with Crippen LogP contribution in [0.1, 0.15) is 39.5 Å². The van der Waals surface area contributed by atoms with Crippen LogP contribution >= 0.6 is 0 Å². The van der Waals surface area contributed by atoms with Crippen molar-refractivity contribution < 1.29 is 9.90 Å². The molecule has 4 heteroatoms. The first-order chi connectivity index (χ1) is 7.10. The van der Waals surface area contributed by atoms with E-state index in [9.17, 15) is 4.79 Å². The fourth-order valence-corrected chi connectivity index (χ4v) is 2.03. The summed E-state index contributed by atoms with van der Waals surface area (Å²) >= 11 is 0. The van der Waals surface area contributed by atoms with Gasteiger partial charge >= 0.3 is 0 Å². The Bertz CT molecular complexity index is 211. The molecule has 0 saturated carbocycles. The van der Waals surface area contributed by atoms with Crippen molar-refractivity contribution in [1.29, 1.82) is 0 Å². The van der Waals surface area contributed by atoms with E-state index in [1.165, 1.54) is 0 Å². The number of rotatable bonds is 5. The molecule has 0 aliphatic carbocycles. The molecule has 15 heavy (non-hydrogen) atoms. The lowest BCUT2D eigenvalue weighted by atomic mass is 9.93. The Kier molecular flexibility index (Phi) is 4.54. The Morgan fingerprint density at radius 2 is 2.40 bits per heavy atom. The molecule has 0 aromatic heterocycles. The first kappa shape index (κ1) is 12.5. The number of nitrogens with one attached hydrogen (secondary N) is 2. The van der Waals surface area contributed by atoms with Gasteiger partial charge < -0.3 is 15.7 Å². The maximum atomic E-state index is 11.9. The number of carbonyl (C=O) groups excluding carboxylic acids is 1. The van der Waals surface area contributed by atoms with E-state index in [0.717, 1.165) is 25.8 Å². The van der Waals surface area contributed by atoms with Gasteiger partial charge in [0.05, 0.1) is 11.6 Å². The molecule has 88 valence electrons. The highest BCUT2D eigenvalue weighted by Crippen LogP contribution is 2.22. The van der Waals surface area contributed by atoms with Crippen molar-refractivity contribution in [2.24, 2.45) is 0 Å². The predicted octanol–water partition coefficient (Wildman–Crippen LogP) is 0.406. The quantitative estimate of drug-likeness (QED) is 0.621. The van der Waals surface area contributed by atoms with Crippen LogP contribution in [0.25, 0.3) is 0 Å². The Morgan fingerprint density at radius 3 is 2.87 bits per heavy atom. The monoisotopic (exact) mass is 214 g/mol. The molecule has 3 N–H and O–H groups in total. The van der Waals surface area contributed by atoms with Crippen LogP contribution in [-0.4, -0.2) is 35.7 Å². The van der Waals surface area contributed by atoms with Crippen LogP contribution < -0.4 is 10.6 Å². The zero-order valence-corrected chi connectivity index (χ0v) is 9.68. The van der Waals surface area contributed by atoms with Crippen molar-refractivity contribution in [2.45, 2.75) is 51.2 Å². The first-order valence-corrected chi connectivity index (χ1v) is 5.82. The molecule has 0 bridgehead atoms. The van der Waals surface area contributed by atoms with Crippen LogP contribution in [0.4, 0.5) is 0 Å². The number of aliphatic hydroxyl groups excluding tert-OH is 1. The van der Waals surface area contributed by atoms with Gasteiger partial charge in [-0.15, -0.1) is 0 Å². The van der Waals surface area contributed by atoms with E-state index >= 15 is 0 Å². The lowest BCUT2D eigenvalue weighted by Gasteiger charge is -2.26. The second-order valence-electron chi connectivity index (χ2n) is 4.36. The lowest BCUT2D eigenvalue weighted by Crippen LogP contribution is -2.53. The highest BCUT2D eigenvalue weighted by Gasteiger charge is 2.38. The molecule has 2 atom stereocenters. The van der Waals surface area contributed by atoms with Gasteiger partial charge in [0.15, 0.2) is 0 Å². The molecular formula is C11H22N2O2. The Balaban J connectivity index is 2.37. The molecule has 0 radical (unpaired) electrons. The van der Waals surface area contributed by atoms with E-state index < -0.39 is 0 Å². The Morgan fingerprint density at radius 1 is 1.67 bits per heavy atom. The Labute approximate surface area is 91.4 Å². The average molecular weight is 214 g/mol. The van der Waals surface area contributed by atoms with E-state index in [0.29, 0.717) is 13.0 Å². The van der Waals surface area contributed by atoms with Gasteiger partial charge in [0.2, 0.25) is 5.91 Å². The highest BCUT2D eigenvalue weighted by molar-refractivity contribution is 5.86. The molecule has 0 aromatic carbocycles. The van der Waals surface area contributed by atoms with Gasteiger partial charge in [-0.1, -0.05) is 6.92 Å². The lowest BCUT2D eigenvalue weighted by molar-refractivity contribution is -0.127. The second-order valence-corrected chi connectivity index (χ2v) is 4.36. The fraction of sp³-hybridized carbons (Fsp3) is 0.909. The predicted molar refractivity (Wildman–Crippen MR) is 59.6 cm³/mol. The van der Waals surface area contributed by atoms with Crippen LogP contribution in [0.15, 0.2) is 0 Å². The first-order valence-electron chi connectivity index (χ1n) is 5.82. The number of aliphatic hydroxyl groups is 1. The number of hydrogen-bond acceptors (Lipinski definition) is 3. The molecule has 1 aliphatic rings. The fourth-order valence-electron chi connectivity index (χ4n) is 2.03. The van der Waals surface area contributed by atoms with Crippen molar-refractivity contribution in [3.8, 4) is 0 Å². The highest BCUT2D eigenvalue weighted by atomic mass is 16.3. The minimum atomic E-state index is -0.349. The molecule has 2 unspecified atom stereocenters. The third-order valence-corrected chi connectivity index (χ3v) is 3.13. The number of amides is 1. The summed E-state index contributed by atoms with van der Waals surface area (Å²) in [5, 5.41) is 15.3. The van der Waals surface area contributed by atoms with E-state index in [1.54, 1.807) is 6.92 Å². The minimum absolute atomic E-state index is 0.0863. The van der Waals surface area contributed by atoms with Crippen LogP contribution in [0, 0.1) is 0 Å². The summed E-state index contributed by atoms with van der Waals surface area (Å²) in [6.07, 6.45) is 3.08. The third kappa shape index (κ3) is 3.18. The van der Waals surface area contributed by atoms with Crippen LogP contribution in [0.3, 0.4) is 0 Å². The van der Waals surface area contributed by atoms with Gasteiger partial charge in [-0.3, -0.25) is 4.79 Å². The second kappa shape index (κ2) is 5.47. The van der Waals surface area contributed by atoms with E-state index in [2.05, 4.69) is 10.6 Å². The van der Waals surface area contributed by atoms with Gasteiger partial charge in [0.25, 0.3) is 0 Å². The molecular weight excluding hydrogens is 192 g/mol. The summed E-state index contributed by atoms with van der Waals surface area (Å²) in [5.41, 5.74) is -0.349. The topological polar surface area (TPSA) is 61.4 Å². The van der Waals surface area contributed by atoms with Crippen molar-refractivity contribution >= 4 is 5.91 Å². The molecule has 0 spiro atoms. The van der Waals surface area contributed by atoms with Gasteiger partial charge in [-0.2, -0.15) is 0 Å². The van der Waals surface area contributed by atoms with Crippen molar-refractivity contribution in [2.75, 3.05) is 13.1 Å². The standard InChI is InChI=1S/C11H22N2O2/c1-3-11(6-4-7-13-11)10(15)12-8-5-9(2)14/h9,13-14H,3-8H2,1-2H3,(H,12,15). The van der Waals surface area contributed by atoms with Crippen LogP contribution in [0.5, 0.6) is 0 Å². The van der Waals surface area contributed by atoms with Gasteiger partial charge in [0.1, 0.15) is 0 Å². The number of hydrogen-bond donors (Lipinski definition) is 3. The summed E-state index contributed by atoms with van der Waals surface area (Å²) in [6.45, 7) is 5.25. The van der Waals surface area contributed by atoms with Crippen LogP contribution in [0.2, 0.25) is 0 Å². The van der Waals surface area contributed by atoms with Crippen molar-refractivity contribution in [3.63, 3.8) is 0 Å². The molecule has 1 rings (SSSR count). The third-order valence-electron chi connectivity index (χ3n) is 3.13. The van der Waals surface area contributed by atoms with Crippen molar-refractivity contribution in [3.05, 3.63) is 0 Å². The zero-order valence-electron chi connectivity index (χ0n) is 9.68. The Hall–Kier alpha value is -0.610. The normalized spacial score (nSPS) is 27.7. The van der Waals surface area contributed by atoms with Gasteiger partial charge in [0, 0.05) is 6.54 Å². The summed E-state index contributed by atoms with van der Waals surface area (Å²) in [7, 11) is 0.